The highest BCUT2D eigenvalue weighted by Gasteiger charge is 2.29. The fourth-order valence-corrected chi connectivity index (χ4v) is 4.29. The van der Waals surface area contributed by atoms with Gasteiger partial charge in [0.2, 0.25) is 5.91 Å². The number of benzene rings is 1. The van der Waals surface area contributed by atoms with Crippen molar-refractivity contribution in [3.63, 3.8) is 0 Å². The number of thioether (sulfide) groups is 1. The molecule has 1 unspecified atom stereocenters. The van der Waals surface area contributed by atoms with Gasteiger partial charge in [-0.05, 0) is 31.2 Å². The van der Waals surface area contributed by atoms with Crippen LogP contribution in [-0.2, 0) is 4.79 Å². The van der Waals surface area contributed by atoms with Crippen LogP contribution in [0.5, 0.6) is 0 Å². The molecule has 1 N–H and O–H groups in total. The van der Waals surface area contributed by atoms with Crippen molar-refractivity contribution in [1.82, 2.24) is 24.6 Å². The largest absolute Gasteiger partial charge is 0.356 e. The molecule has 0 radical (unpaired) electrons. The molecular weight excluding hydrogens is 374 g/mol. The topological polar surface area (TPSA) is 81.8 Å². The zero-order valence-corrected chi connectivity index (χ0v) is 15.5. The van der Waals surface area contributed by atoms with Gasteiger partial charge in [0.05, 0.1) is 17.9 Å². The molecule has 1 aliphatic heterocycles. The minimum atomic E-state index is -0.190. The van der Waals surface area contributed by atoms with Gasteiger partial charge >= 0.3 is 0 Å². The SMILES string of the molecule is CCNC(=O)CC1CSc2nc3c(cnn3-c3ccc(Cl)cc3)c(=O)n21. The summed E-state index contributed by atoms with van der Waals surface area (Å²) in [5.74, 6) is 0.593. The highest BCUT2D eigenvalue weighted by Crippen LogP contribution is 2.33. The first-order valence-corrected chi connectivity index (χ1v) is 9.60. The normalized spacial score (nSPS) is 16.0. The summed E-state index contributed by atoms with van der Waals surface area (Å²) in [6, 6.07) is 6.99. The van der Waals surface area contributed by atoms with E-state index in [-0.39, 0.29) is 23.9 Å². The molecule has 1 aliphatic rings. The fourth-order valence-electron chi connectivity index (χ4n) is 3.04. The molecule has 0 saturated carbocycles. The molecule has 1 amide bonds. The van der Waals surface area contributed by atoms with Crippen molar-refractivity contribution in [1.29, 1.82) is 0 Å². The molecule has 9 heteroatoms. The van der Waals surface area contributed by atoms with E-state index in [0.29, 0.717) is 33.5 Å². The van der Waals surface area contributed by atoms with Crippen LogP contribution in [0.2, 0.25) is 5.02 Å². The Morgan fingerprint density at radius 1 is 1.38 bits per heavy atom. The Labute approximate surface area is 158 Å². The summed E-state index contributed by atoms with van der Waals surface area (Å²) in [6.45, 7) is 2.45. The van der Waals surface area contributed by atoms with Crippen molar-refractivity contribution >= 4 is 40.3 Å². The Balaban J connectivity index is 1.77. The Morgan fingerprint density at radius 3 is 2.88 bits per heavy atom. The first kappa shape index (κ1) is 17.1. The third-order valence-electron chi connectivity index (χ3n) is 4.24. The lowest BCUT2D eigenvalue weighted by atomic mass is 10.2. The Hall–Kier alpha value is -2.32. The smallest absolute Gasteiger partial charge is 0.265 e. The van der Waals surface area contributed by atoms with Crippen molar-refractivity contribution < 1.29 is 4.79 Å². The monoisotopic (exact) mass is 389 g/mol. The van der Waals surface area contributed by atoms with Gasteiger partial charge in [-0.2, -0.15) is 5.10 Å². The van der Waals surface area contributed by atoms with Crippen molar-refractivity contribution in [2.45, 2.75) is 24.5 Å². The van der Waals surface area contributed by atoms with E-state index in [0.717, 1.165) is 5.69 Å². The van der Waals surface area contributed by atoms with Crippen LogP contribution in [-0.4, -0.2) is 37.5 Å². The van der Waals surface area contributed by atoms with E-state index in [2.05, 4.69) is 15.4 Å². The third-order valence-corrected chi connectivity index (χ3v) is 5.59. The standard InChI is InChI=1S/C17H16ClN5O2S/c1-2-19-14(24)7-12-9-26-17-21-15-13(16(25)22(12)17)8-20-23(15)11-5-3-10(18)4-6-11/h3-6,8,12H,2,7,9H2,1H3,(H,19,24). The molecule has 0 bridgehead atoms. The number of fused-ring (bicyclic) bond motifs is 2. The number of nitrogens with zero attached hydrogens (tertiary/aromatic N) is 4. The van der Waals surface area contributed by atoms with E-state index >= 15 is 0 Å². The second-order valence-corrected chi connectivity index (χ2v) is 7.39. The summed E-state index contributed by atoms with van der Waals surface area (Å²) in [6.07, 6.45) is 1.80. The molecule has 0 saturated heterocycles. The fraction of sp³-hybridized carbons (Fsp3) is 0.294. The van der Waals surface area contributed by atoms with E-state index < -0.39 is 0 Å². The average molecular weight is 390 g/mol. The van der Waals surface area contributed by atoms with Crippen LogP contribution in [0, 0.1) is 0 Å². The maximum Gasteiger partial charge on any atom is 0.265 e. The van der Waals surface area contributed by atoms with Crippen LogP contribution in [0.25, 0.3) is 16.7 Å². The van der Waals surface area contributed by atoms with Crippen molar-refractivity contribution in [2.75, 3.05) is 12.3 Å². The molecule has 2 aromatic heterocycles. The Morgan fingerprint density at radius 2 is 2.15 bits per heavy atom. The quantitative estimate of drug-likeness (QED) is 0.693. The van der Waals surface area contributed by atoms with Crippen LogP contribution in [0.3, 0.4) is 0 Å². The maximum atomic E-state index is 13.0. The number of amides is 1. The number of aromatic nitrogens is 4. The zero-order chi connectivity index (χ0) is 18.3. The van der Waals surface area contributed by atoms with E-state index in [1.54, 1.807) is 21.4 Å². The van der Waals surface area contributed by atoms with E-state index in [1.807, 2.05) is 19.1 Å². The summed E-state index contributed by atoms with van der Waals surface area (Å²) in [4.78, 5) is 29.5. The van der Waals surface area contributed by atoms with Gasteiger partial charge in [-0.3, -0.25) is 14.2 Å². The first-order valence-electron chi connectivity index (χ1n) is 8.24. The van der Waals surface area contributed by atoms with Crippen LogP contribution in [0.15, 0.2) is 40.4 Å². The van der Waals surface area contributed by atoms with Crippen LogP contribution >= 0.6 is 23.4 Å². The van der Waals surface area contributed by atoms with Gasteiger partial charge in [0.1, 0.15) is 5.39 Å². The number of carbonyl (C=O) groups is 1. The summed E-state index contributed by atoms with van der Waals surface area (Å²) < 4.78 is 3.25. The number of halogens is 1. The number of carbonyl (C=O) groups excluding carboxylic acids is 1. The molecule has 1 atom stereocenters. The number of hydrogen-bond acceptors (Lipinski definition) is 5. The molecule has 0 fully saturated rings. The van der Waals surface area contributed by atoms with Crippen molar-refractivity contribution in [3.8, 4) is 5.69 Å². The minimum absolute atomic E-state index is 0.0604. The summed E-state index contributed by atoms with van der Waals surface area (Å²) in [5.41, 5.74) is 1.13. The van der Waals surface area contributed by atoms with Crippen molar-refractivity contribution in [2.24, 2.45) is 0 Å². The molecule has 4 rings (SSSR count). The molecule has 26 heavy (non-hydrogen) atoms. The lowest BCUT2D eigenvalue weighted by Crippen LogP contribution is -2.30. The predicted octanol–water partition coefficient (Wildman–Crippen LogP) is 2.41. The minimum Gasteiger partial charge on any atom is -0.356 e. The highest BCUT2D eigenvalue weighted by molar-refractivity contribution is 7.99. The van der Waals surface area contributed by atoms with Crippen LogP contribution in [0.4, 0.5) is 0 Å². The Kier molecular flexibility index (Phi) is 4.46. The lowest BCUT2D eigenvalue weighted by Gasteiger charge is -2.13. The molecule has 0 spiro atoms. The van der Waals surface area contributed by atoms with Gasteiger partial charge in [-0.25, -0.2) is 9.67 Å². The van der Waals surface area contributed by atoms with Gasteiger partial charge in [-0.1, -0.05) is 23.4 Å². The average Bonchev–Trinajstić information content (AvgIpc) is 3.21. The molecule has 7 nitrogen and oxygen atoms in total. The molecule has 3 heterocycles. The van der Waals surface area contributed by atoms with Gasteiger partial charge in [0, 0.05) is 23.7 Å². The van der Waals surface area contributed by atoms with Gasteiger partial charge in [0.15, 0.2) is 10.8 Å². The summed E-state index contributed by atoms with van der Waals surface area (Å²) >= 11 is 7.42. The second kappa shape index (κ2) is 6.77. The van der Waals surface area contributed by atoms with E-state index in [9.17, 15) is 9.59 Å². The third kappa shape index (κ3) is 2.89. The second-order valence-electron chi connectivity index (χ2n) is 5.96. The van der Waals surface area contributed by atoms with Gasteiger partial charge in [0.25, 0.3) is 5.56 Å². The first-order chi connectivity index (χ1) is 12.6. The number of hydrogen-bond donors (Lipinski definition) is 1. The molecule has 3 aromatic rings. The van der Waals surface area contributed by atoms with Crippen LogP contribution < -0.4 is 10.9 Å². The summed E-state index contributed by atoms with van der Waals surface area (Å²) in [7, 11) is 0. The molecule has 0 aliphatic carbocycles. The van der Waals surface area contributed by atoms with Crippen molar-refractivity contribution in [3.05, 3.63) is 45.8 Å². The van der Waals surface area contributed by atoms with E-state index in [4.69, 9.17) is 11.6 Å². The summed E-state index contributed by atoms with van der Waals surface area (Å²) in [5, 5.41) is 8.78. The van der Waals surface area contributed by atoms with Gasteiger partial charge < -0.3 is 5.32 Å². The number of rotatable bonds is 4. The maximum absolute atomic E-state index is 13.0. The molecular formula is C17H16ClN5O2S. The van der Waals surface area contributed by atoms with Gasteiger partial charge in [-0.15, -0.1) is 0 Å². The molecule has 1 aromatic carbocycles. The lowest BCUT2D eigenvalue weighted by molar-refractivity contribution is -0.121. The number of nitrogens with one attached hydrogen (secondary N) is 1. The zero-order valence-electron chi connectivity index (χ0n) is 14.0. The predicted molar refractivity (Wildman–Crippen MR) is 101 cm³/mol. The van der Waals surface area contributed by atoms with Crippen LogP contribution in [0.1, 0.15) is 19.4 Å². The molecule has 134 valence electrons. The highest BCUT2D eigenvalue weighted by atomic mass is 35.5. The Bertz CT molecular complexity index is 1040. The van der Waals surface area contributed by atoms with E-state index in [1.165, 1.54) is 18.0 Å².